The second kappa shape index (κ2) is 4.70. The molecule has 0 saturated carbocycles. The number of aromatic nitrogens is 1. The van der Waals surface area contributed by atoms with Gasteiger partial charge in [0.25, 0.3) is 0 Å². The quantitative estimate of drug-likeness (QED) is 0.860. The average Bonchev–Trinajstić information content (AvgIpc) is 2.32. The van der Waals surface area contributed by atoms with Crippen molar-refractivity contribution in [1.82, 2.24) is 4.98 Å². The van der Waals surface area contributed by atoms with Crippen LogP contribution in [-0.2, 0) is 6.54 Å². The van der Waals surface area contributed by atoms with Gasteiger partial charge in [0, 0.05) is 18.9 Å². The molecule has 82 valence electrons. The molecule has 1 N–H and O–H groups in total. The summed E-state index contributed by atoms with van der Waals surface area (Å²) < 4.78 is 25.5. The maximum absolute atomic E-state index is 12.9. The van der Waals surface area contributed by atoms with Gasteiger partial charge in [-0.3, -0.25) is 4.98 Å². The van der Waals surface area contributed by atoms with E-state index in [0.29, 0.717) is 12.1 Å². The van der Waals surface area contributed by atoms with Crippen molar-refractivity contribution in [3.05, 3.63) is 59.9 Å². The third-order valence-electron chi connectivity index (χ3n) is 2.14. The van der Waals surface area contributed by atoms with Crippen LogP contribution in [0.4, 0.5) is 14.5 Å². The topological polar surface area (TPSA) is 24.9 Å². The highest BCUT2D eigenvalue weighted by Crippen LogP contribution is 2.11. The summed E-state index contributed by atoms with van der Waals surface area (Å²) in [6.07, 6.45) is 3.34. The number of halogens is 2. The molecule has 0 spiro atoms. The Labute approximate surface area is 92.0 Å². The highest BCUT2D eigenvalue weighted by molar-refractivity contribution is 5.40. The molecule has 0 aliphatic carbocycles. The number of nitrogens with one attached hydrogen (secondary N) is 1. The van der Waals surface area contributed by atoms with Gasteiger partial charge in [0.2, 0.25) is 0 Å². The fraction of sp³-hybridized carbons (Fsp3) is 0.0833. The number of benzene rings is 1. The van der Waals surface area contributed by atoms with Gasteiger partial charge in [0.15, 0.2) is 11.6 Å². The van der Waals surface area contributed by atoms with Crippen molar-refractivity contribution in [2.24, 2.45) is 0 Å². The van der Waals surface area contributed by atoms with Gasteiger partial charge in [-0.05, 0) is 29.8 Å². The van der Waals surface area contributed by atoms with Gasteiger partial charge >= 0.3 is 0 Å². The molecule has 1 aromatic heterocycles. The maximum Gasteiger partial charge on any atom is 0.159 e. The minimum Gasteiger partial charge on any atom is -0.380 e. The molecule has 0 fully saturated rings. The third kappa shape index (κ3) is 2.53. The highest BCUT2D eigenvalue weighted by atomic mass is 19.2. The first-order valence-corrected chi connectivity index (χ1v) is 4.83. The van der Waals surface area contributed by atoms with E-state index in [2.05, 4.69) is 10.3 Å². The number of hydrogen-bond acceptors (Lipinski definition) is 2. The second-order valence-corrected chi connectivity index (χ2v) is 3.34. The number of nitrogens with zero attached hydrogens (tertiary/aromatic N) is 1. The average molecular weight is 220 g/mol. The molecule has 0 amide bonds. The monoisotopic (exact) mass is 220 g/mol. The summed E-state index contributed by atoms with van der Waals surface area (Å²) in [7, 11) is 0. The van der Waals surface area contributed by atoms with Crippen LogP contribution in [0.1, 0.15) is 5.56 Å². The van der Waals surface area contributed by atoms with E-state index < -0.39 is 11.6 Å². The van der Waals surface area contributed by atoms with Crippen LogP contribution >= 0.6 is 0 Å². The Bertz CT molecular complexity index is 472. The zero-order valence-corrected chi connectivity index (χ0v) is 8.45. The molecule has 2 rings (SSSR count). The van der Waals surface area contributed by atoms with Crippen molar-refractivity contribution in [2.45, 2.75) is 6.54 Å². The maximum atomic E-state index is 12.9. The Kier molecular flexibility index (Phi) is 3.10. The lowest BCUT2D eigenvalue weighted by Crippen LogP contribution is -2.00. The molecular weight excluding hydrogens is 210 g/mol. The Morgan fingerprint density at radius 1 is 1.12 bits per heavy atom. The Hall–Kier alpha value is -1.97. The number of anilines is 1. The molecule has 0 saturated heterocycles. The van der Waals surface area contributed by atoms with Crippen LogP contribution in [0.25, 0.3) is 0 Å². The number of rotatable bonds is 3. The zero-order valence-electron chi connectivity index (χ0n) is 8.45. The SMILES string of the molecule is Fc1ccc(CNc2cccnc2)cc1F. The number of hydrogen-bond donors (Lipinski definition) is 1. The van der Waals surface area contributed by atoms with Crippen molar-refractivity contribution in [3.63, 3.8) is 0 Å². The van der Waals surface area contributed by atoms with E-state index in [0.717, 1.165) is 11.8 Å². The molecule has 4 heteroatoms. The van der Waals surface area contributed by atoms with Crippen molar-refractivity contribution < 1.29 is 8.78 Å². The lowest BCUT2D eigenvalue weighted by atomic mass is 10.2. The van der Waals surface area contributed by atoms with Crippen LogP contribution in [-0.4, -0.2) is 4.98 Å². The van der Waals surface area contributed by atoms with E-state index in [4.69, 9.17) is 0 Å². The second-order valence-electron chi connectivity index (χ2n) is 3.34. The van der Waals surface area contributed by atoms with E-state index in [1.165, 1.54) is 6.07 Å². The molecule has 0 radical (unpaired) electrons. The molecule has 1 aromatic carbocycles. The first-order chi connectivity index (χ1) is 7.75. The molecule has 0 aliphatic rings. The predicted octanol–water partition coefficient (Wildman–Crippen LogP) is 2.97. The Morgan fingerprint density at radius 2 is 2.00 bits per heavy atom. The number of pyridine rings is 1. The molecular formula is C12H10F2N2. The summed E-state index contributed by atoms with van der Waals surface area (Å²) in [6, 6.07) is 7.50. The van der Waals surface area contributed by atoms with Gasteiger partial charge in [0.1, 0.15) is 0 Å². The molecule has 0 unspecified atom stereocenters. The van der Waals surface area contributed by atoms with Crippen LogP contribution in [0.15, 0.2) is 42.7 Å². The Balaban J connectivity index is 2.03. The molecule has 1 heterocycles. The molecule has 16 heavy (non-hydrogen) atoms. The van der Waals surface area contributed by atoms with Crippen LogP contribution in [0, 0.1) is 11.6 Å². The van der Waals surface area contributed by atoms with Gasteiger partial charge in [-0.25, -0.2) is 8.78 Å². The van der Waals surface area contributed by atoms with Gasteiger partial charge in [-0.15, -0.1) is 0 Å². The smallest absolute Gasteiger partial charge is 0.159 e. The minimum absolute atomic E-state index is 0.433. The normalized spacial score (nSPS) is 10.1. The van der Waals surface area contributed by atoms with Crippen LogP contribution in [0.2, 0.25) is 0 Å². The van der Waals surface area contributed by atoms with Crippen molar-refractivity contribution >= 4 is 5.69 Å². The summed E-state index contributed by atoms with van der Waals surface area (Å²) in [5.74, 6) is -1.66. The summed E-state index contributed by atoms with van der Waals surface area (Å²) in [5.41, 5.74) is 1.52. The van der Waals surface area contributed by atoms with Gasteiger partial charge < -0.3 is 5.32 Å². The molecule has 0 aliphatic heterocycles. The predicted molar refractivity (Wildman–Crippen MR) is 57.9 cm³/mol. The third-order valence-corrected chi connectivity index (χ3v) is 2.14. The molecule has 2 nitrogen and oxygen atoms in total. The van der Waals surface area contributed by atoms with E-state index in [1.807, 2.05) is 6.07 Å². The van der Waals surface area contributed by atoms with Crippen LogP contribution in [0.3, 0.4) is 0 Å². The lowest BCUT2D eigenvalue weighted by Gasteiger charge is -2.05. The highest BCUT2D eigenvalue weighted by Gasteiger charge is 2.02. The summed E-state index contributed by atoms with van der Waals surface area (Å²) >= 11 is 0. The minimum atomic E-state index is -0.829. The fourth-order valence-corrected chi connectivity index (χ4v) is 1.32. The van der Waals surface area contributed by atoms with Gasteiger partial charge in [-0.2, -0.15) is 0 Å². The van der Waals surface area contributed by atoms with E-state index in [9.17, 15) is 8.78 Å². The molecule has 0 bridgehead atoms. The summed E-state index contributed by atoms with van der Waals surface area (Å²) in [6.45, 7) is 0.433. The Morgan fingerprint density at radius 3 is 2.69 bits per heavy atom. The molecule has 0 atom stereocenters. The zero-order chi connectivity index (χ0) is 11.4. The first-order valence-electron chi connectivity index (χ1n) is 4.83. The van der Waals surface area contributed by atoms with Crippen molar-refractivity contribution in [1.29, 1.82) is 0 Å². The first kappa shape index (κ1) is 10.5. The summed E-state index contributed by atoms with van der Waals surface area (Å²) in [4.78, 5) is 3.93. The van der Waals surface area contributed by atoms with Gasteiger partial charge in [0.05, 0.1) is 5.69 Å². The largest absolute Gasteiger partial charge is 0.380 e. The van der Waals surface area contributed by atoms with Crippen LogP contribution in [0.5, 0.6) is 0 Å². The molecule has 2 aromatic rings. The van der Waals surface area contributed by atoms with Crippen molar-refractivity contribution in [3.8, 4) is 0 Å². The van der Waals surface area contributed by atoms with E-state index >= 15 is 0 Å². The standard InChI is InChI=1S/C12H10F2N2/c13-11-4-3-9(6-12(11)14)7-16-10-2-1-5-15-8-10/h1-6,8,16H,7H2. The summed E-state index contributed by atoms with van der Waals surface area (Å²) in [5, 5.41) is 3.06. The lowest BCUT2D eigenvalue weighted by molar-refractivity contribution is 0.507. The fourth-order valence-electron chi connectivity index (χ4n) is 1.32. The van der Waals surface area contributed by atoms with Gasteiger partial charge in [-0.1, -0.05) is 6.07 Å². The van der Waals surface area contributed by atoms with E-state index in [-0.39, 0.29) is 0 Å². The van der Waals surface area contributed by atoms with E-state index in [1.54, 1.807) is 24.5 Å². The van der Waals surface area contributed by atoms with Crippen LogP contribution < -0.4 is 5.32 Å². The van der Waals surface area contributed by atoms with Crippen molar-refractivity contribution in [2.75, 3.05) is 5.32 Å².